The normalized spacial score (nSPS) is 21.0. The maximum Gasteiger partial charge on any atom is 0.243 e. The van der Waals surface area contributed by atoms with Crippen molar-refractivity contribution in [2.75, 3.05) is 19.6 Å². The molecule has 0 saturated carbocycles. The summed E-state index contributed by atoms with van der Waals surface area (Å²) in [5, 5.41) is 12.4. The van der Waals surface area contributed by atoms with Crippen molar-refractivity contribution in [1.29, 1.82) is 5.26 Å². The number of piperazine rings is 1. The first-order valence-electron chi connectivity index (χ1n) is 5.88. The quantitative estimate of drug-likeness (QED) is 0.890. The highest BCUT2D eigenvalue weighted by molar-refractivity contribution is 7.89. The van der Waals surface area contributed by atoms with E-state index in [4.69, 9.17) is 16.9 Å². The fourth-order valence-electron chi connectivity index (χ4n) is 2.01. The molecule has 1 saturated heterocycles. The summed E-state index contributed by atoms with van der Waals surface area (Å²) in [6.07, 6.45) is 0. The van der Waals surface area contributed by atoms with Crippen molar-refractivity contribution in [3.63, 3.8) is 0 Å². The first-order chi connectivity index (χ1) is 8.95. The Labute approximate surface area is 117 Å². The Morgan fingerprint density at radius 1 is 1.53 bits per heavy atom. The van der Waals surface area contributed by atoms with Crippen LogP contribution in [0, 0.1) is 11.3 Å². The molecule has 1 unspecified atom stereocenters. The monoisotopic (exact) mass is 299 g/mol. The maximum atomic E-state index is 12.5. The number of nitrogens with zero attached hydrogens (tertiary/aromatic N) is 2. The molecule has 5 nitrogen and oxygen atoms in total. The number of benzene rings is 1. The van der Waals surface area contributed by atoms with Gasteiger partial charge in [-0.05, 0) is 25.1 Å². The van der Waals surface area contributed by atoms with Crippen molar-refractivity contribution < 1.29 is 8.42 Å². The van der Waals surface area contributed by atoms with Crippen LogP contribution in [0.5, 0.6) is 0 Å². The topological polar surface area (TPSA) is 73.2 Å². The Balaban J connectivity index is 2.37. The molecule has 7 heteroatoms. The lowest BCUT2D eigenvalue weighted by Crippen LogP contribution is -2.51. The zero-order valence-corrected chi connectivity index (χ0v) is 12.0. The predicted molar refractivity (Wildman–Crippen MR) is 72.4 cm³/mol. The number of rotatable bonds is 2. The smallest absolute Gasteiger partial charge is 0.243 e. The first kappa shape index (κ1) is 14.3. The Hall–Kier alpha value is -1.13. The maximum absolute atomic E-state index is 12.5. The minimum absolute atomic E-state index is 0.113. The van der Waals surface area contributed by atoms with Crippen molar-refractivity contribution in [2.24, 2.45) is 0 Å². The van der Waals surface area contributed by atoms with Crippen LogP contribution in [0.3, 0.4) is 0 Å². The Bertz CT molecular complexity index is 624. The molecule has 0 bridgehead atoms. The van der Waals surface area contributed by atoms with Crippen LogP contribution in [0.15, 0.2) is 23.1 Å². The van der Waals surface area contributed by atoms with Gasteiger partial charge >= 0.3 is 0 Å². The van der Waals surface area contributed by atoms with Crippen molar-refractivity contribution in [1.82, 2.24) is 9.62 Å². The summed E-state index contributed by atoms with van der Waals surface area (Å²) < 4.78 is 26.3. The molecule has 19 heavy (non-hydrogen) atoms. The lowest BCUT2D eigenvalue weighted by atomic mass is 10.2. The van der Waals surface area contributed by atoms with E-state index in [1.807, 2.05) is 13.0 Å². The summed E-state index contributed by atoms with van der Waals surface area (Å²) in [4.78, 5) is 0.113. The summed E-state index contributed by atoms with van der Waals surface area (Å²) in [5.41, 5.74) is 0.172. The van der Waals surface area contributed by atoms with E-state index in [-0.39, 0.29) is 21.5 Å². The second kappa shape index (κ2) is 5.47. The van der Waals surface area contributed by atoms with Gasteiger partial charge in [0, 0.05) is 25.7 Å². The van der Waals surface area contributed by atoms with Crippen molar-refractivity contribution in [3.05, 3.63) is 28.8 Å². The van der Waals surface area contributed by atoms with Gasteiger partial charge in [0.15, 0.2) is 0 Å². The van der Waals surface area contributed by atoms with Crippen LogP contribution in [0.2, 0.25) is 5.02 Å². The highest BCUT2D eigenvalue weighted by Crippen LogP contribution is 2.23. The minimum atomic E-state index is -3.56. The van der Waals surface area contributed by atoms with E-state index in [0.29, 0.717) is 19.6 Å². The predicted octanol–water partition coefficient (Wildman–Crippen LogP) is 1.19. The summed E-state index contributed by atoms with van der Waals surface area (Å²) in [7, 11) is -3.56. The summed E-state index contributed by atoms with van der Waals surface area (Å²) in [6, 6.07) is 6.21. The molecule has 0 aliphatic carbocycles. The molecule has 1 heterocycles. The third kappa shape index (κ3) is 2.90. The molecule has 0 amide bonds. The van der Waals surface area contributed by atoms with Crippen LogP contribution in [0.4, 0.5) is 0 Å². The fourth-order valence-corrected chi connectivity index (χ4v) is 3.73. The van der Waals surface area contributed by atoms with Gasteiger partial charge < -0.3 is 5.32 Å². The van der Waals surface area contributed by atoms with Gasteiger partial charge in [-0.3, -0.25) is 0 Å². The molecule has 1 N–H and O–H groups in total. The van der Waals surface area contributed by atoms with E-state index in [1.54, 1.807) is 0 Å². The standard InChI is InChI=1S/C12H14ClN3O2S/c1-9-8-16(5-4-15-9)19(17,18)11-2-3-12(13)10(6-11)7-14/h2-3,6,9,15H,4-5,8H2,1H3. The van der Waals surface area contributed by atoms with Crippen LogP contribution < -0.4 is 5.32 Å². The zero-order chi connectivity index (χ0) is 14.0. The fraction of sp³-hybridized carbons (Fsp3) is 0.417. The van der Waals surface area contributed by atoms with Gasteiger partial charge in [-0.1, -0.05) is 11.6 Å². The third-order valence-electron chi connectivity index (χ3n) is 3.03. The highest BCUT2D eigenvalue weighted by atomic mass is 35.5. The van der Waals surface area contributed by atoms with E-state index in [9.17, 15) is 8.42 Å². The molecule has 0 aromatic heterocycles. The second-order valence-electron chi connectivity index (χ2n) is 4.47. The lowest BCUT2D eigenvalue weighted by molar-refractivity contribution is 0.310. The van der Waals surface area contributed by atoms with E-state index >= 15 is 0 Å². The van der Waals surface area contributed by atoms with Gasteiger partial charge in [-0.25, -0.2) is 8.42 Å². The molecule has 102 valence electrons. The largest absolute Gasteiger partial charge is 0.312 e. The number of hydrogen-bond acceptors (Lipinski definition) is 4. The van der Waals surface area contributed by atoms with E-state index in [1.165, 1.54) is 22.5 Å². The Morgan fingerprint density at radius 2 is 2.26 bits per heavy atom. The molecule has 1 aromatic carbocycles. The van der Waals surface area contributed by atoms with Crippen LogP contribution in [-0.4, -0.2) is 38.4 Å². The molecule has 1 aliphatic rings. The average molecular weight is 300 g/mol. The van der Waals surface area contributed by atoms with Gasteiger partial charge in [-0.2, -0.15) is 9.57 Å². The van der Waals surface area contributed by atoms with E-state index in [0.717, 1.165) is 0 Å². The molecular formula is C12H14ClN3O2S. The molecule has 0 spiro atoms. The van der Waals surface area contributed by atoms with Gasteiger partial charge in [0.05, 0.1) is 15.5 Å². The molecule has 0 radical (unpaired) electrons. The third-order valence-corrected chi connectivity index (χ3v) is 5.22. The second-order valence-corrected chi connectivity index (χ2v) is 6.82. The molecule has 2 rings (SSSR count). The van der Waals surface area contributed by atoms with Crippen molar-refractivity contribution in [3.8, 4) is 6.07 Å². The SMILES string of the molecule is CC1CN(S(=O)(=O)c2ccc(Cl)c(C#N)c2)CCN1. The number of halogens is 1. The molecular weight excluding hydrogens is 286 g/mol. The van der Waals surface area contributed by atoms with Crippen molar-refractivity contribution >= 4 is 21.6 Å². The number of nitrogens with one attached hydrogen (secondary N) is 1. The number of hydrogen-bond donors (Lipinski definition) is 1. The lowest BCUT2D eigenvalue weighted by Gasteiger charge is -2.31. The number of sulfonamides is 1. The molecule has 1 fully saturated rings. The van der Waals surface area contributed by atoms with Crippen LogP contribution in [0.1, 0.15) is 12.5 Å². The van der Waals surface area contributed by atoms with Gasteiger partial charge in [-0.15, -0.1) is 0 Å². The Morgan fingerprint density at radius 3 is 2.89 bits per heavy atom. The van der Waals surface area contributed by atoms with E-state index < -0.39 is 10.0 Å². The molecule has 1 atom stereocenters. The van der Waals surface area contributed by atoms with Crippen LogP contribution in [-0.2, 0) is 10.0 Å². The Kier molecular flexibility index (Phi) is 4.11. The molecule has 1 aliphatic heterocycles. The van der Waals surface area contributed by atoms with Crippen molar-refractivity contribution in [2.45, 2.75) is 17.9 Å². The summed E-state index contributed by atoms with van der Waals surface area (Å²) in [5.74, 6) is 0. The van der Waals surface area contributed by atoms with Crippen LogP contribution in [0.25, 0.3) is 0 Å². The number of nitriles is 1. The highest BCUT2D eigenvalue weighted by Gasteiger charge is 2.28. The van der Waals surface area contributed by atoms with Gasteiger partial charge in [0.2, 0.25) is 10.0 Å². The summed E-state index contributed by atoms with van der Waals surface area (Å²) >= 11 is 5.81. The van der Waals surface area contributed by atoms with Gasteiger partial charge in [0.1, 0.15) is 6.07 Å². The minimum Gasteiger partial charge on any atom is -0.312 e. The van der Waals surface area contributed by atoms with Crippen LogP contribution >= 0.6 is 11.6 Å². The average Bonchev–Trinajstić information content (AvgIpc) is 2.39. The first-order valence-corrected chi connectivity index (χ1v) is 7.70. The van der Waals surface area contributed by atoms with E-state index in [2.05, 4.69) is 5.32 Å². The molecule has 1 aromatic rings. The zero-order valence-electron chi connectivity index (χ0n) is 10.4. The summed E-state index contributed by atoms with van der Waals surface area (Å²) in [6.45, 7) is 3.41. The van der Waals surface area contributed by atoms with Gasteiger partial charge in [0.25, 0.3) is 0 Å².